The summed E-state index contributed by atoms with van der Waals surface area (Å²) in [4.78, 5) is 5.17. The second kappa shape index (κ2) is 3.53. The fraction of sp³-hybridized carbons (Fsp3) is 0.800. The smallest absolute Gasteiger partial charge is 0.159 e. The molecule has 0 amide bonds. The highest BCUT2D eigenvalue weighted by Crippen LogP contribution is 2.29. The van der Waals surface area contributed by atoms with Gasteiger partial charge in [0.15, 0.2) is 6.23 Å². The highest BCUT2D eigenvalue weighted by molar-refractivity contribution is 5.10. The second-order valence-electron chi connectivity index (χ2n) is 4.87. The van der Waals surface area contributed by atoms with Crippen molar-refractivity contribution >= 4 is 0 Å². The van der Waals surface area contributed by atoms with Crippen LogP contribution >= 0.6 is 0 Å². The summed E-state index contributed by atoms with van der Waals surface area (Å²) in [6, 6.07) is 0.257. The van der Waals surface area contributed by atoms with Crippen LogP contribution in [0.2, 0.25) is 0 Å². The maximum absolute atomic E-state index is 9.19. The summed E-state index contributed by atoms with van der Waals surface area (Å²) < 4.78 is 0. The van der Waals surface area contributed by atoms with Crippen molar-refractivity contribution < 1.29 is 9.94 Å². The molecule has 2 unspecified atom stereocenters. The molecule has 2 atom stereocenters. The molecule has 0 aromatic heterocycles. The van der Waals surface area contributed by atoms with Gasteiger partial charge in [-0.1, -0.05) is 13.8 Å². The molecule has 2 rings (SSSR count). The van der Waals surface area contributed by atoms with Gasteiger partial charge in [-0.05, 0) is 18.3 Å². The molecule has 0 aliphatic carbocycles. The summed E-state index contributed by atoms with van der Waals surface area (Å²) in [5, 5.41) is 12.6. The van der Waals surface area contributed by atoms with Gasteiger partial charge < -0.3 is 15.3 Å². The lowest BCUT2D eigenvalue weighted by atomic mass is 9.82. The number of aliphatic hydroxyl groups is 1. The van der Waals surface area contributed by atoms with E-state index in [1.807, 2.05) is 0 Å². The van der Waals surface area contributed by atoms with Gasteiger partial charge in [0.2, 0.25) is 0 Å². The zero-order chi connectivity index (χ0) is 10.2. The van der Waals surface area contributed by atoms with Crippen LogP contribution in [0.4, 0.5) is 0 Å². The zero-order valence-corrected chi connectivity index (χ0v) is 8.71. The highest BCUT2D eigenvalue weighted by atomic mass is 16.7. The Kier molecular flexibility index (Phi) is 2.51. The van der Waals surface area contributed by atoms with Gasteiger partial charge in [-0.15, -0.1) is 5.48 Å². The molecular formula is C10H18N2O2. The Bertz CT molecular complexity index is 241. The third-order valence-corrected chi connectivity index (χ3v) is 2.90. The minimum Gasteiger partial charge on any atom is -0.409 e. The van der Waals surface area contributed by atoms with E-state index in [0.717, 1.165) is 18.7 Å². The Morgan fingerprint density at radius 1 is 1.57 bits per heavy atom. The predicted molar refractivity (Wildman–Crippen MR) is 53.1 cm³/mol. The standard InChI is InChI=1S/C10H18N2O2/c1-10(2)4-3-7(11-6-10)8-5-9(13)12-14-8/h5,7,9,11-13H,3-4,6H2,1-2H3. The molecule has 0 aromatic rings. The molecule has 2 heterocycles. The van der Waals surface area contributed by atoms with E-state index >= 15 is 0 Å². The molecule has 2 aliphatic heterocycles. The van der Waals surface area contributed by atoms with Crippen molar-refractivity contribution in [2.75, 3.05) is 6.54 Å². The van der Waals surface area contributed by atoms with Crippen molar-refractivity contribution in [3.63, 3.8) is 0 Å². The van der Waals surface area contributed by atoms with E-state index in [0.29, 0.717) is 5.41 Å². The topological polar surface area (TPSA) is 53.5 Å². The van der Waals surface area contributed by atoms with E-state index in [4.69, 9.17) is 4.84 Å². The summed E-state index contributed by atoms with van der Waals surface area (Å²) in [5.41, 5.74) is 2.89. The molecule has 0 saturated carbocycles. The molecule has 1 fully saturated rings. The first-order chi connectivity index (χ1) is 6.57. The number of hydrogen-bond donors (Lipinski definition) is 3. The molecule has 0 bridgehead atoms. The first kappa shape index (κ1) is 9.96. The molecule has 4 nitrogen and oxygen atoms in total. The largest absolute Gasteiger partial charge is 0.409 e. The van der Waals surface area contributed by atoms with E-state index in [-0.39, 0.29) is 6.04 Å². The Balaban J connectivity index is 1.93. The third kappa shape index (κ3) is 2.08. The van der Waals surface area contributed by atoms with Gasteiger partial charge in [0.05, 0.1) is 6.04 Å². The summed E-state index contributed by atoms with van der Waals surface area (Å²) in [5.74, 6) is 0.827. The molecule has 4 heteroatoms. The van der Waals surface area contributed by atoms with Crippen LogP contribution in [0.15, 0.2) is 11.8 Å². The average molecular weight is 198 g/mol. The summed E-state index contributed by atoms with van der Waals surface area (Å²) in [6.45, 7) is 5.51. The molecule has 0 radical (unpaired) electrons. The van der Waals surface area contributed by atoms with Crippen LogP contribution in [0, 0.1) is 5.41 Å². The van der Waals surface area contributed by atoms with Crippen LogP contribution in [0.3, 0.4) is 0 Å². The molecule has 0 spiro atoms. The molecule has 14 heavy (non-hydrogen) atoms. The first-order valence-corrected chi connectivity index (χ1v) is 5.12. The van der Waals surface area contributed by atoms with E-state index < -0.39 is 6.23 Å². The monoisotopic (exact) mass is 198 g/mol. The minimum atomic E-state index is -0.651. The van der Waals surface area contributed by atoms with Crippen molar-refractivity contribution in [1.82, 2.24) is 10.8 Å². The lowest BCUT2D eigenvalue weighted by molar-refractivity contribution is 0.0240. The Labute approximate surface area is 84.3 Å². The van der Waals surface area contributed by atoms with Gasteiger partial charge in [0, 0.05) is 12.6 Å². The molecule has 1 saturated heterocycles. The normalized spacial score (nSPS) is 36.4. The predicted octanol–water partition coefficient (Wildman–Crippen LogP) is 0.502. The molecule has 3 N–H and O–H groups in total. The van der Waals surface area contributed by atoms with E-state index in [1.54, 1.807) is 6.08 Å². The number of hydrogen-bond acceptors (Lipinski definition) is 4. The van der Waals surface area contributed by atoms with Crippen LogP contribution in [0.1, 0.15) is 26.7 Å². The zero-order valence-electron chi connectivity index (χ0n) is 8.71. The third-order valence-electron chi connectivity index (χ3n) is 2.90. The molecule has 0 aromatic carbocycles. The van der Waals surface area contributed by atoms with Crippen LogP contribution in [0.5, 0.6) is 0 Å². The van der Waals surface area contributed by atoms with E-state index in [1.165, 1.54) is 6.42 Å². The highest BCUT2D eigenvalue weighted by Gasteiger charge is 2.31. The van der Waals surface area contributed by atoms with Gasteiger partial charge in [-0.25, -0.2) is 0 Å². The maximum Gasteiger partial charge on any atom is 0.159 e. The summed E-state index contributed by atoms with van der Waals surface area (Å²) >= 11 is 0. The maximum atomic E-state index is 9.19. The van der Waals surface area contributed by atoms with E-state index in [2.05, 4.69) is 24.6 Å². The van der Waals surface area contributed by atoms with Crippen LogP contribution < -0.4 is 10.8 Å². The second-order valence-corrected chi connectivity index (χ2v) is 4.87. The number of piperidine rings is 1. The van der Waals surface area contributed by atoms with Crippen LogP contribution in [-0.2, 0) is 4.84 Å². The lowest BCUT2D eigenvalue weighted by Crippen LogP contribution is -2.44. The summed E-state index contributed by atoms with van der Waals surface area (Å²) in [6.07, 6.45) is 3.31. The average Bonchev–Trinajstić information content (AvgIpc) is 2.52. The number of hydroxylamine groups is 1. The van der Waals surface area contributed by atoms with Gasteiger partial charge in [0.1, 0.15) is 5.76 Å². The number of rotatable bonds is 1. The fourth-order valence-electron chi connectivity index (χ4n) is 1.91. The van der Waals surface area contributed by atoms with Gasteiger partial charge >= 0.3 is 0 Å². The molecule has 80 valence electrons. The summed E-state index contributed by atoms with van der Waals surface area (Å²) in [7, 11) is 0. The van der Waals surface area contributed by atoms with Crippen molar-refractivity contribution in [1.29, 1.82) is 0 Å². The number of aliphatic hydroxyl groups excluding tert-OH is 1. The van der Waals surface area contributed by atoms with Crippen molar-refractivity contribution in [3.8, 4) is 0 Å². The quantitative estimate of drug-likeness (QED) is 0.574. The lowest BCUT2D eigenvalue weighted by Gasteiger charge is -2.35. The molecular weight excluding hydrogens is 180 g/mol. The van der Waals surface area contributed by atoms with Crippen molar-refractivity contribution in [2.45, 2.75) is 39.0 Å². The first-order valence-electron chi connectivity index (χ1n) is 5.12. The van der Waals surface area contributed by atoms with Gasteiger partial charge in [-0.3, -0.25) is 0 Å². The number of nitrogens with one attached hydrogen (secondary N) is 2. The minimum absolute atomic E-state index is 0.257. The Morgan fingerprint density at radius 2 is 2.36 bits per heavy atom. The Hall–Kier alpha value is -0.580. The Morgan fingerprint density at radius 3 is 2.86 bits per heavy atom. The van der Waals surface area contributed by atoms with Crippen molar-refractivity contribution in [3.05, 3.63) is 11.8 Å². The van der Waals surface area contributed by atoms with Crippen LogP contribution in [-0.4, -0.2) is 23.9 Å². The van der Waals surface area contributed by atoms with Gasteiger partial charge in [0.25, 0.3) is 0 Å². The van der Waals surface area contributed by atoms with Crippen LogP contribution in [0.25, 0.3) is 0 Å². The SMILES string of the molecule is CC1(C)CCC(C2=CC(O)NO2)NC1. The fourth-order valence-corrected chi connectivity index (χ4v) is 1.91. The van der Waals surface area contributed by atoms with Gasteiger partial charge in [-0.2, -0.15) is 0 Å². The molecule has 2 aliphatic rings. The van der Waals surface area contributed by atoms with E-state index in [9.17, 15) is 5.11 Å². The van der Waals surface area contributed by atoms with Crippen molar-refractivity contribution in [2.24, 2.45) is 5.41 Å².